The standard InChI is InChI=1S/C17H25N3O2S/c1-12(2)19(4)16(21)15-9-17(22-18-15)7-8-20(11-17)10-14-6-5-13(3)23-14/h5-6,12H,7-11H2,1-4H3. The van der Waals surface area contributed by atoms with Gasteiger partial charge in [-0.1, -0.05) is 5.16 Å². The molecule has 1 spiro atoms. The van der Waals surface area contributed by atoms with E-state index in [0.717, 1.165) is 26.1 Å². The van der Waals surface area contributed by atoms with Gasteiger partial charge in [0.1, 0.15) is 5.71 Å². The van der Waals surface area contributed by atoms with E-state index in [2.05, 4.69) is 29.1 Å². The molecule has 0 radical (unpaired) electrons. The first kappa shape index (κ1) is 16.5. The monoisotopic (exact) mass is 335 g/mol. The number of rotatable bonds is 4. The Morgan fingerprint density at radius 1 is 1.52 bits per heavy atom. The number of carbonyl (C=O) groups is 1. The summed E-state index contributed by atoms with van der Waals surface area (Å²) in [5, 5.41) is 4.12. The summed E-state index contributed by atoms with van der Waals surface area (Å²) in [4.78, 5) is 25.0. The third-order valence-corrected chi connectivity index (χ3v) is 5.74. The summed E-state index contributed by atoms with van der Waals surface area (Å²) in [6, 6.07) is 4.53. The summed E-state index contributed by atoms with van der Waals surface area (Å²) < 4.78 is 0. The molecule has 3 heterocycles. The lowest BCUT2D eigenvalue weighted by atomic mass is 9.96. The van der Waals surface area contributed by atoms with Crippen LogP contribution in [0, 0.1) is 6.92 Å². The fourth-order valence-corrected chi connectivity index (χ4v) is 4.08. The Labute approximate surface area is 141 Å². The molecule has 6 heteroatoms. The lowest BCUT2D eigenvalue weighted by Gasteiger charge is -2.23. The summed E-state index contributed by atoms with van der Waals surface area (Å²) in [5.74, 6) is -0.00999. The highest BCUT2D eigenvalue weighted by molar-refractivity contribution is 7.11. The van der Waals surface area contributed by atoms with Gasteiger partial charge in [0.15, 0.2) is 5.60 Å². The predicted octanol–water partition coefficient (Wildman–Crippen LogP) is 2.64. The van der Waals surface area contributed by atoms with Crippen molar-refractivity contribution in [2.45, 2.75) is 51.8 Å². The highest BCUT2D eigenvalue weighted by Crippen LogP contribution is 2.35. The molecule has 23 heavy (non-hydrogen) atoms. The van der Waals surface area contributed by atoms with E-state index in [1.54, 1.807) is 4.90 Å². The van der Waals surface area contributed by atoms with Gasteiger partial charge in [0.05, 0.1) is 0 Å². The van der Waals surface area contributed by atoms with Gasteiger partial charge in [-0.25, -0.2) is 0 Å². The van der Waals surface area contributed by atoms with Crippen LogP contribution >= 0.6 is 11.3 Å². The SMILES string of the molecule is Cc1ccc(CN2CCC3(CC(C(=O)N(C)C(C)C)=NO3)C2)s1. The maximum atomic E-state index is 12.4. The molecule has 2 aliphatic rings. The first-order valence-electron chi connectivity index (χ1n) is 8.18. The quantitative estimate of drug-likeness (QED) is 0.850. The number of oxime groups is 1. The van der Waals surface area contributed by atoms with Gasteiger partial charge in [-0.3, -0.25) is 9.69 Å². The Morgan fingerprint density at radius 3 is 2.96 bits per heavy atom. The molecule has 1 aromatic heterocycles. The molecule has 1 saturated heterocycles. The van der Waals surface area contributed by atoms with Crippen molar-refractivity contribution in [3.05, 3.63) is 21.9 Å². The summed E-state index contributed by atoms with van der Waals surface area (Å²) in [6.07, 6.45) is 1.56. The maximum absolute atomic E-state index is 12.4. The minimum atomic E-state index is -0.297. The minimum Gasteiger partial charge on any atom is -0.387 e. The van der Waals surface area contributed by atoms with Crippen molar-refractivity contribution in [2.75, 3.05) is 20.1 Å². The molecular formula is C17H25N3O2S. The van der Waals surface area contributed by atoms with Gasteiger partial charge >= 0.3 is 0 Å². The van der Waals surface area contributed by atoms with Gasteiger partial charge in [-0.2, -0.15) is 0 Å². The van der Waals surface area contributed by atoms with E-state index in [9.17, 15) is 4.79 Å². The second-order valence-electron chi connectivity index (χ2n) is 6.97. The van der Waals surface area contributed by atoms with Crippen LogP contribution in [-0.2, 0) is 16.2 Å². The predicted molar refractivity (Wildman–Crippen MR) is 92.7 cm³/mol. The Balaban J connectivity index is 1.58. The molecule has 1 fully saturated rings. The third-order valence-electron chi connectivity index (χ3n) is 4.75. The Kier molecular flexibility index (Phi) is 4.47. The van der Waals surface area contributed by atoms with Crippen LogP contribution in [0.3, 0.4) is 0 Å². The van der Waals surface area contributed by atoms with Gasteiger partial charge < -0.3 is 9.74 Å². The van der Waals surface area contributed by atoms with Crippen LogP contribution < -0.4 is 0 Å². The highest BCUT2D eigenvalue weighted by atomic mass is 32.1. The molecule has 1 atom stereocenters. The van der Waals surface area contributed by atoms with Crippen LogP contribution in [0.5, 0.6) is 0 Å². The highest BCUT2D eigenvalue weighted by Gasteiger charge is 2.47. The fraction of sp³-hybridized carbons (Fsp3) is 0.647. The number of nitrogens with zero attached hydrogens (tertiary/aromatic N) is 3. The zero-order chi connectivity index (χ0) is 16.6. The number of aryl methyl sites for hydroxylation is 1. The number of hydrogen-bond acceptors (Lipinski definition) is 5. The van der Waals surface area contributed by atoms with Crippen molar-refractivity contribution in [2.24, 2.45) is 5.16 Å². The summed E-state index contributed by atoms with van der Waals surface area (Å²) in [7, 11) is 1.82. The van der Waals surface area contributed by atoms with Crippen molar-refractivity contribution in [1.29, 1.82) is 0 Å². The lowest BCUT2D eigenvalue weighted by molar-refractivity contribution is -0.124. The largest absolute Gasteiger partial charge is 0.387 e. The van der Waals surface area contributed by atoms with Crippen LogP contribution in [0.15, 0.2) is 17.3 Å². The smallest absolute Gasteiger partial charge is 0.271 e. The van der Waals surface area contributed by atoms with E-state index in [1.165, 1.54) is 9.75 Å². The molecule has 1 aromatic rings. The van der Waals surface area contributed by atoms with E-state index in [-0.39, 0.29) is 17.6 Å². The fourth-order valence-electron chi connectivity index (χ4n) is 3.15. The lowest BCUT2D eigenvalue weighted by Crippen LogP contribution is -2.40. The average molecular weight is 335 g/mol. The van der Waals surface area contributed by atoms with Crippen molar-refractivity contribution < 1.29 is 9.63 Å². The first-order chi connectivity index (χ1) is 10.9. The molecule has 0 N–H and O–H groups in total. The van der Waals surface area contributed by atoms with Gasteiger partial charge in [-0.05, 0) is 32.9 Å². The average Bonchev–Trinajstić information content (AvgIpc) is 3.21. The summed E-state index contributed by atoms with van der Waals surface area (Å²) in [6.45, 7) is 8.94. The molecule has 5 nitrogen and oxygen atoms in total. The van der Waals surface area contributed by atoms with Crippen molar-refractivity contribution in [3.63, 3.8) is 0 Å². The van der Waals surface area contributed by atoms with Crippen LogP contribution in [-0.4, -0.2) is 53.2 Å². The van der Waals surface area contributed by atoms with Crippen LogP contribution in [0.2, 0.25) is 0 Å². The van der Waals surface area contributed by atoms with E-state index < -0.39 is 0 Å². The molecule has 0 aromatic carbocycles. The Morgan fingerprint density at radius 2 is 2.30 bits per heavy atom. The number of carbonyl (C=O) groups excluding carboxylic acids is 1. The molecule has 0 aliphatic carbocycles. The number of likely N-dealkylation sites (tertiary alicyclic amines) is 1. The maximum Gasteiger partial charge on any atom is 0.271 e. The summed E-state index contributed by atoms with van der Waals surface area (Å²) in [5.41, 5.74) is 0.268. The molecule has 126 valence electrons. The molecule has 0 bridgehead atoms. The normalized spacial score (nSPS) is 24.3. The zero-order valence-corrected chi connectivity index (χ0v) is 15.2. The van der Waals surface area contributed by atoms with Crippen LogP contribution in [0.4, 0.5) is 0 Å². The second-order valence-corrected chi connectivity index (χ2v) is 8.34. The van der Waals surface area contributed by atoms with Gasteiger partial charge in [0.25, 0.3) is 5.91 Å². The van der Waals surface area contributed by atoms with Crippen LogP contribution in [0.25, 0.3) is 0 Å². The van der Waals surface area contributed by atoms with E-state index in [4.69, 9.17) is 4.84 Å². The van der Waals surface area contributed by atoms with Gasteiger partial charge in [0.2, 0.25) is 0 Å². The third kappa shape index (κ3) is 3.43. The van der Waals surface area contributed by atoms with Gasteiger partial charge in [0, 0.05) is 55.3 Å². The molecule has 1 amide bonds. The van der Waals surface area contributed by atoms with Gasteiger partial charge in [-0.15, -0.1) is 11.3 Å². The van der Waals surface area contributed by atoms with E-state index >= 15 is 0 Å². The van der Waals surface area contributed by atoms with E-state index in [1.807, 2.05) is 32.2 Å². The topological polar surface area (TPSA) is 45.1 Å². The molecular weight excluding hydrogens is 310 g/mol. The first-order valence-corrected chi connectivity index (χ1v) is 9.00. The van der Waals surface area contributed by atoms with Crippen molar-refractivity contribution >= 4 is 23.0 Å². The van der Waals surface area contributed by atoms with Crippen molar-refractivity contribution in [3.8, 4) is 0 Å². The second kappa shape index (κ2) is 6.24. The minimum absolute atomic E-state index is 0.00999. The zero-order valence-electron chi connectivity index (χ0n) is 14.3. The molecule has 3 rings (SSSR count). The Bertz CT molecular complexity index is 625. The molecule has 1 unspecified atom stereocenters. The number of hydrogen-bond donors (Lipinski definition) is 0. The summed E-state index contributed by atoms with van der Waals surface area (Å²) >= 11 is 1.85. The number of thiophene rings is 1. The Hall–Kier alpha value is -1.40. The number of amides is 1. The van der Waals surface area contributed by atoms with E-state index in [0.29, 0.717) is 12.1 Å². The molecule has 0 saturated carbocycles. The van der Waals surface area contributed by atoms with Crippen LogP contribution in [0.1, 0.15) is 36.4 Å². The van der Waals surface area contributed by atoms with Crippen molar-refractivity contribution in [1.82, 2.24) is 9.80 Å². The molecule has 2 aliphatic heterocycles.